The van der Waals surface area contributed by atoms with E-state index in [1.807, 2.05) is 24.3 Å². The van der Waals surface area contributed by atoms with E-state index in [4.69, 9.17) is 4.74 Å². The molecule has 1 atom stereocenters. The van der Waals surface area contributed by atoms with E-state index in [1.165, 1.54) is 0 Å². The monoisotopic (exact) mass is 339 g/mol. The Morgan fingerprint density at radius 2 is 1.90 bits per heavy atom. The summed E-state index contributed by atoms with van der Waals surface area (Å²) in [5.74, 6) is 0.296. The summed E-state index contributed by atoms with van der Waals surface area (Å²) < 4.78 is 6.43. The Morgan fingerprint density at radius 1 is 1.30 bits per heavy atom. The maximum Gasteiger partial charge on any atom is 0.157 e. The molecule has 1 fully saturated rings. The molecule has 0 amide bonds. The fourth-order valence-electron chi connectivity index (χ4n) is 2.63. The highest BCUT2D eigenvalue weighted by Gasteiger charge is 2.37. The highest BCUT2D eigenvalue weighted by atomic mass is 79.9. The van der Waals surface area contributed by atoms with Gasteiger partial charge in [-0.05, 0) is 31.0 Å². The second-order valence-electron chi connectivity index (χ2n) is 5.45. The molecule has 1 aliphatic rings. The van der Waals surface area contributed by atoms with Crippen LogP contribution in [0.4, 0.5) is 0 Å². The predicted octanol–water partition coefficient (Wildman–Crippen LogP) is 3.06. The maximum absolute atomic E-state index is 12.8. The number of carbonyl (C=O) groups is 1. The second kappa shape index (κ2) is 6.83. The molecule has 1 aromatic carbocycles. The molecule has 4 heteroatoms. The molecule has 3 nitrogen and oxygen atoms in total. The first-order chi connectivity index (χ1) is 9.56. The Kier molecular flexibility index (Phi) is 5.35. The molecule has 1 heterocycles. The van der Waals surface area contributed by atoms with Crippen LogP contribution in [0.3, 0.4) is 0 Å². The minimum Gasteiger partial charge on any atom is -0.379 e. The molecule has 0 saturated carbocycles. The third-order valence-electron chi connectivity index (χ3n) is 4.28. The van der Waals surface area contributed by atoms with Gasteiger partial charge in [0.2, 0.25) is 0 Å². The van der Waals surface area contributed by atoms with E-state index < -0.39 is 0 Å². The summed E-state index contributed by atoms with van der Waals surface area (Å²) in [5.41, 5.74) is 0.697. The summed E-state index contributed by atoms with van der Waals surface area (Å²) >= 11 is 3.42. The van der Waals surface area contributed by atoms with E-state index in [0.29, 0.717) is 12.2 Å². The molecule has 0 N–H and O–H groups in total. The van der Waals surface area contributed by atoms with E-state index >= 15 is 0 Å². The lowest BCUT2D eigenvalue weighted by atomic mass is 9.87. The van der Waals surface area contributed by atoms with Crippen molar-refractivity contribution in [3.8, 4) is 0 Å². The van der Waals surface area contributed by atoms with Crippen LogP contribution in [-0.4, -0.2) is 42.5 Å². The Balaban J connectivity index is 2.09. The smallest absolute Gasteiger partial charge is 0.157 e. The van der Waals surface area contributed by atoms with Crippen LogP contribution < -0.4 is 0 Å². The first kappa shape index (κ1) is 15.7. The zero-order valence-corrected chi connectivity index (χ0v) is 13.8. The van der Waals surface area contributed by atoms with Crippen molar-refractivity contribution in [3.63, 3.8) is 0 Å². The molecule has 1 unspecified atom stereocenters. The number of ether oxygens (including phenoxy) is 1. The van der Waals surface area contributed by atoms with E-state index in [2.05, 4.69) is 34.7 Å². The molecule has 0 aromatic heterocycles. The number of halogens is 1. The number of hydrogen-bond donors (Lipinski definition) is 0. The molecule has 1 aromatic rings. The van der Waals surface area contributed by atoms with Gasteiger partial charge in [-0.1, -0.05) is 35.0 Å². The van der Waals surface area contributed by atoms with E-state index in [0.717, 1.165) is 42.8 Å². The molecule has 0 spiro atoms. The van der Waals surface area contributed by atoms with Crippen LogP contribution in [0.5, 0.6) is 0 Å². The zero-order chi connectivity index (χ0) is 14.6. The fraction of sp³-hybridized carbons (Fsp3) is 0.562. The van der Waals surface area contributed by atoms with Gasteiger partial charge in [0.1, 0.15) is 0 Å². The average Bonchev–Trinajstić information content (AvgIpc) is 2.49. The molecule has 1 aliphatic heterocycles. The highest BCUT2D eigenvalue weighted by molar-refractivity contribution is 9.10. The van der Waals surface area contributed by atoms with Crippen molar-refractivity contribution in [3.05, 3.63) is 34.3 Å². The van der Waals surface area contributed by atoms with Gasteiger partial charge in [0.25, 0.3) is 0 Å². The first-order valence-corrected chi connectivity index (χ1v) is 7.96. The van der Waals surface area contributed by atoms with Gasteiger partial charge in [0, 0.05) is 24.0 Å². The Bertz CT molecular complexity index is 454. The van der Waals surface area contributed by atoms with Crippen LogP contribution >= 0.6 is 15.9 Å². The average molecular weight is 340 g/mol. The Labute approximate surface area is 129 Å². The number of rotatable bonds is 5. The van der Waals surface area contributed by atoms with Gasteiger partial charge in [-0.2, -0.15) is 0 Å². The molecule has 110 valence electrons. The molecule has 1 saturated heterocycles. The summed E-state index contributed by atoms with van der Waals surface area (Å²) in [5, 5.41) is 0. The van der Waals surface area contributed by atoms with Crippen LogP contribution in [0.25, 0.3) is 0 Å². The molecule has 0 aliphatic carbocycles. The number of hydrogen-bond acceptors (Lipinski definition) is 3. The molecular formula is C16H22BrNO2. The lowest BCUT2D eigenvalue weighted by molar-refractivity contribution is -0.133. The minimum atomic E-state index is -0.378. The van der Waals surface area contributed by atoms with Crippen molar-refractivity contribution in [2.75, 3.05) is 26.3 Å². The van der Waals surface area contributed by atoms with Crippen molar-refractivity contribution < 1.29 is 9.53 Å². The molecule has 0 bridgehead atoms. The third-order valence-corrected chi connectivity index (χ3v) is 4.80. The Hall–Kier alpha value is -0.710. The van der Waals surface area contributed by atoms with Gasteiger partial charge in [0.15, 0.2) is 5.78 Å². The molecule has 20 heavy (non-hydrogen) atoms. The number of carbonyl (C=O) groups excluding carboxylic acids is 1. The summed E-state index contributed by atoms with van der Waals surface area (Å²) in [6.07, 6.45) is 1.33. The zero-order valence-electron chi connectivity index (χ0n) is 12.2. The fourth-order valence-corrected chi connectivity index (χ4v) is 2.90. The van der Waals surface area contributed by atoms with Crippen molar-refractivity contribution in [2.45, 2.75) is 32.2 Å². The number of benzene rings is 1. The predicted molar refractivity (Wildman–Crippen MR) is 83.9 cm³/mol. The largest absolute Gasteiger partial charge is 0.379 e. The van der Waals surface area contributed by atoms with Gasteiger partial charge in [0.05, 0.1) is 18.8 Å². The van der Waals surface area contributed by atoms with Crippen molar-refractivity contribution in [1.82, 2.24) is 4.90 Å². The highest BCUT2D eigenvalue weighted by Crippen LogP contribution is 2.24. The number of Topliss-reactive ketones (excluding diaryl/α,β-unsaturated/α-hetero) is 1. The quantitative estimate of drug-likeness (QED) is 0.825. The summed E-state index contributed by atoms with van der Waals surface area (Å²) in [6.45, 7) is 7.30. The lowest BCUT2D eigenvalue weighted by Crippen LogP contribution is -2.56. The van der Waals surface area contributed by atoms with Crippen molar-refractivity contribution in [1.29, 1.82) is 0 Å². The Morgan fingerprint density at radius 3 is 2.45 bits per heavy atom. The first-order valence-electron chi connectivity index (χ1n) is 7.17. The molecular weight excluding hydrogens is 318 g/mol. The van der Waals surface area contributed by atoms with Crippen LogP contribution in [-0.2, 0) is 16.0 Å². The maximum atomic E-state index is 12.8. The SMILES string of the molecule is CCC(C)(C(=O)Cc1ccc(Br)cc1)N1CCOCC1. The third kappa shape index (κ3) is 3.48. The lowest BCUT2D eigenvalue weighted by Gasteiger charge is -2.41. The van der Waals surface area contributed by atoms with Gasteiger partial charge in [-0.15, -0.1) is 0 Å². The summed E-state index contributed by atoms with van der Waals surface area (Å²) in [4.78, 5) is 15.0. The van der Waals surface area contributed by atoms with Gasteiger partial charge in [-0.25, -0.2) is 0 Å². The van der Waals surface area contributed by atoms with Gasteiger partial charge < -0.3 is 4.74 Å². The van der Waals surface area contributed by atoms with Crippen molar-refractivity contribution >= 4 is 21.7 Å². The summed E-state index contributed by atoms with van der Waals surface area (Å²) in [7, 11) is 0. The molecule has 0 radical (unpaired) electrons. The second-order valence-corrected chi connectivity index (χ2v) is 6.37. The van der Waals surface area contributed by atoms with Crippen LogP contribution in [0.15, 0.2) is 28.7 Å². The van der Waals surface area contributed by atoms with Gasteiger partial charge in [-0.3, -0.25) is 9.69 Å². The summed E-state index contributed by atoms with van der Waals surface area (Å²) in [6, 6.07) is 8.00. The number of ketones is 1. The standard InChI is InChI=1S/C16H22BrNO2/c1-3-16(2,18-8-10-20-11-9-18)15(19)12-13-4-6-14(17)7-5-13/h4-7H,3,8-12H2,1-2H3. The minimum absolute atomic E-state index is 0.296. The molecule has 2 rings (SSSR count). The van der Waals surface area contributed by atoms with Crippen LogP contribution in [0, 0.1) is 0 Å². The normalized spacial score (nSPS) is 19.6. The number of nitrogens with zero attached hydrogens (tertiary/aromatic N) is 1. The van der Waals surface area contributed by atoms with Crippen molar-refractivity contribution in [2.24, 2.45) is 0 Å². The van der Waals surface area contributed by atoms with Crippen LogP contribution in [0.2, 0.25) is 0 Å². The van der Waals surface area contributed by atoms with E-state index in [-0.39, 0.29) is 5.54 Å². The number of morpholine rings is 1. The van der Waals surface area contributed by atoms with Crippen LogP contribution in [0.1, 0.15) is 25.8 Å². The topological polar surface area (TPSA) is 29.5 Å². The van der Waals surface area contributed by atoms with Gasteiger partial charge >= 0.3 is 0 Å². The van der Waals surface area contributed by atoms with E-state index in [1.54, 1.807) is 0 Å². The van der Waals surface area contributed by atoms with E-state index in [9.17, 15) is 4.79 Å².